The smallest absolute Gasteiger partial charge is 0.252 e. The third-order valence-electron chi connectivity index (χ3n) is 2.62. The summed E-state index contributed by atoms with van der Waals surface area (Å²) in [5.41, 5.74) is 0. The summed E-state index contributed by atoms with van der Waals surface area (Å²) >= 11 is 0. The molecule has 0 radical (unpaired) electrons. The molecule has 1 heterocycles. The van der Waals surface area contributed by atoms with Gasteiger partial charge in [0.25, 0.3) is 0 Å². The number of alkyl halides is 13. The van der Waals surface area contributed by atoms with Crippen molar-refractivity contribution in [2.24, 2.45) is 0 Å². The Kier molecular flexibility index (Phi) is 4.15. The van der Waals surface area contributed by atoms with Crippen LogP contribution in [0.3, 0.4) is 0 Å². The number of hydrogen-bond donors (Lipinski definition) is 0. The van der Waals surface area contributed by atoms with E-state index in [9.17, 15) is 66.3 Å². The lowest BCUT2D eigenvalue weighted by Crippen LogP contribution is -2.85. The van der Waals surface area contributed by atoms with Crippen LogP contribution in [0.5, 0.6) is 0 Å². The molecule has 0 saturated carbocycles. The van der Waals surface area contributed by atoms with E-state index >= 15 is 0 Å². The SMILES string of the molecule is O=C(F)C(F)(F)N1C(F)(F)C(F)(F)N(C(F)(F)F)C(F)(F)C1(F)F. The lowest BCUT2D eigenvalue weighted by Gasteiger charge is -2.53. The topological polar surface area (TPSA) is 23.6 Å². The molecule has 1 rings (SSSR count). The standard InChI is InChI=1S/C7F14N2O/c8-1(24)2(9,10)22-3(11,12)5(15,16)23(7(19,20)21)6(17,18)4(22,13)14. The van der Waals surface area contributed by atoms with Crippen LogP contribution in [0.15, 0.2) is 0 Å². The minimum atomic E-state index is -7.46. The maximum atomic E-state index is 13.1. The molecule has 24 heavy (non-hydrogen) atoms. The number of hydrogen-bond acceptors (Lipinski definition) is 3. The van der Waals surface area contributed by atoms with E-state index in [1.54, 1.807) is 0 Å². The quantitative estimate of drug-likeness (QED) is 0.407. The molecule has 0 unspecified atom stereocenters. The number of rotatable bonds is 2. The minimum absolute atomic E-state index is 3.89. The fourth-order valence-corrected chi connectivity index (χ4v) is 1.65. The largest absolute Gasteiger partial charge is 0.469 e. The van der Waals surface area contributed by atoms with Crippen molar-refractivity contribution in [2.75, 3.05) is 0 Å². The average Bonchev–Trinajstić information content (AvgIpc) is 2.21. The third-order valence-corrected chi connectivity index (χ3v) is 2.62. The fraction of sp³-hybridized carbons (Fsp3) is 0.857. The summed E-state index contributed by atoms with van der Waals surface area (Å²) in [6.45, 7) is 0. The summed E-state index contributed by atoms with van der Waals surface area (Å²) in [5, 5.41) is 0. The van der Waals surface area contributed by atoms with Gasteiger partial charge in [0.2, 0.25) is 0 Å². The van der Waals surface area contributed by atoms with E-state index in [2.05, 4.69) is 0 Å². The van der Waals surface area contributed by atoms with Gasteiger partial charge in [-0.2, -0.15) is 61.5 Å². The second kappa shape index (κ2) is 4.83. The fourth-order valence-electron chi connectivity index (χ4n) is 1.65. The Labute approximate surface area is 120 Å². The van der Waals surface area contributed by atoms with Crippen molar-refractivity contribution in [1.29, 1.82) is 0 Å². The van der Waals surface area contributed by atoms with Crippen LogP contribution in [-0.2, 0) is 4.79 Å². The molecule has 0 spiro atoms. The molecule has 17 heteroatoms. The molecule has 0 amide bonds. The van der Waals surface area contributed by atoms with E-state index in [0.29, 0.717) is 0 Å². The summed E-state index contributed by atoms with van der Waals surface area (Å²) < 4.78 is 179. The van der Waals surface area contributed by atoms with Crippen LogP contribution in [0.1, 0.15) is 0 Å². The van der Waals surface area contributed by atoms with E-state index in [4.69, 9.17) is 0 Å². The molecule has 1 aliphatic heterocycles. The normalized spacial score (nSPS) is 27.1. The average molecular weight is 394 g/mol. The Balaban J connectivity index is 3.85. The molecule has 0 bridgehead atoms. The van der Waals surface area contributed by atoms with Gasteiger partial charge in [0.05, 0.1) is 0 Å². The van der Waals surface area contributed by atoms with Crippen LogP contribution < -0.4 is 0 Å². The van der Waals surface area contributed by atoms with E-state index in [1.165, 1.54) is 0 Å². The number of carbonyl (C=O) groups excluding carboxylic acids is 1. The second-order valence-corrected chi connectivity index (χ2v) is 4.12. The van der Waals surface area contributed by atoms with Crippen molar-refractivity contribution >= 4 is 6.04 Å². The van der Waals surface area contributed by atoms with Crippen molar-refractivity contribution in [3.8, 4) is 0 Å². The first-order valence-electron chi connectivity index (χ1n) is 4.94. The Morgan fingerprint density at radius 3 is 1.08 bits per heavy atom. The Bertz CT molecular complexity index is 510. The maximum Gasteiger partial charge on any atom is 0.469 e. The van der Waals surface area contributed by atoms with Gasteiger partial charge in [-0.05, 0) is 0 Å². The van der Waals surface area contributed by atoms with Crippen molar-refractivity contribution in [2.45, 2.75) is 36.5 Å². The van der Waals surface area contributed by atoms with Gasteiger partial charge in [-0.25, -0.2) is 0 Å². The van der Waals surface area contributed by atoms with Crippen molar-refractivity contribution < 1.29 is 66.3 Å². The first-order chi connectivity index (χ1) is 10.2. The monoisotopic (exact) mass is 394 g/mol. The molecule has 0 aromatic heterocycles. The van der Waals surface area contributed by atoms with Crippen LogP contribution in [0.2, 0.25) is 0 Å². The highest BCUT2D eigenvalue weighted by Crippen LogP contribution is 2.62. The summed E-state index contributed by atoms with van der Waals surface area (Å²) in [5.74, 6) is 0. The molecule has 0 aliphatic carbocycles. The summed E-state index contributed by atoms with van der Waals surface area (Å²) in [7, 11) is 0. The molecule has 0 N–H and O–H groups in total. The molecule has 0 aromatic rings. The molecule has 0 aromatic carbocycles. The van der Waals surface area contributed by atoms with Crippen LogP contribution in [-0.4, -0.2) is 52.4 Å². The summed E-state index contributed by atoms with van der Waals surface area (Å²) in [6, 6.07) is -41.4. The molecule has 1 saturated heterocycles. The molecule has 142 valence electrons. The van der Waals surface area contributed by atoms with Gasteiger partial charge in [-0.1, -0.05) is 9.80 Å². The molecule has 1 fully saturated rings. The Morgan fingerprint density at radius 1 is 0.625 bits per heavy atom. The molecule has 1 aliphatic rings. The van der Waals surface area contributed by atoms with Crippen molar-refractivity contribution in [3.05, 3.63) is 0 Å². The maximum absolute atomic E-state index is 13.1. The van der Waals surface area contributed by atoms with Gasteiger partial charge >= 0.3 is 42.6 Å². The number of halogens is 14. The van der Waals surface area contributed by atoms with Gasteiger partial charge in [-0.15, -0.1) is 0 Å². The van der Waals surface area contributed by atoms with Crippen molar-refractivity contribution in [3.63, 3.8) is 0 Å². The first kappa shape index (κ1) is 20.7. The van der Waals surface area contributed by atoms with E-state index in [0.717, 1.165) is 0 Å². The number of nitrogens with zero attached hydrogens (tertiary/aromatic N) is 2. The summed E-state index contributed by atoms with van der Waals surface area (Å²) in [6.07, 6.45) is -7.28. The first-order valence-corrected chi connectivity index (χ1v) is 4.94. The van der Waals surface area contributed by atoms with Crippen molar-refractivity contribution in [1.82, 2.24) is 9.80 Å². The second-order valence-electron chi connectivity index (χ2n) is 4.12. The van der Waals surface area contributed by atoms with Crippen LogP contribution in [0.25, 0.3) is 0 Å². The number of piperazine rings is 1. The molecular weight excluding hydrogens is 394 g/mol. The minimum Gasteiger partial charge on any atom is -0.252 e. The highest BCUT2D eigenvalue weighted by molar-refractivity contribution is 5.76. The van der Waals surface area contributed by atoms with Crippen LogP contribution in [0.4, 0.5) is 61.5 Å². The van der Waals surface area contributed by atoms with Gasteiger partial charge in [0.15, 0.2) is 0 Å². The molecular formula is C7F14N2O. The zero-order valence-electron chi connectivity index (χ0n) is 10.1. The van der Waals surface area contributed by atoms with Gasteiger partial charge in [0.1, 0.15) is 0 Å². The predicted molar refractivity (Wildman–Crippen MR) is 40.6 cm³/mol. The number of carbonyl (C=O) groups is 1. The third kappa shape index (κ3) is 2.31. The van der Waals surface area contributed by atoms with E-state index < -0.39 is 52.4 Å². The predicted octanol–water partition coefficient (Wildman–Crippen LogP) is 3.58. The Hall–Kier alpha value is -1.39. The summed E-state index contributed by atoms with van der Waals surface area (Å²) in [4.78, 5) is 1.94. The molecule has 0 atom stereocenters. The zero-order valence-corrected chi connectivity index (χ0v) is 10.1. The lowest BCUT2D eigenvalue weighted by molar-refractivity contribution is -0.568. The van der Waals surface area contributed by atoms with Gasteiger partial charge in [0, 0.05) is 0 Å². The van der Waals surface area contributed by atoms with Crippen LogP contribution in [0, 0.1) is 0 Å². The highest BCUT2D eigenvalue weighted by atomic mass is 19.4. The zero-order chi connectivity index (χ0) is 19.7. The van der Waals surface area contributed by atoms with E-state index in [1.807, 2.05) is 0 Å². The highest BCUT2D eigenvalue weighted by Gasteiger charge is 2.93. The lowest BCUT2D eigenvalue weighted by atomic mass is 10.1. The van der Waals surface area contributed by atoms with Gasteiger partial charge < -0.3 is 0 Å². The Morgan fingerprint density at radius 2 is 0.875 bits per heavy atom. The van der Waals surface area contributed by atoms with Gasteiger partial charge in [-0.3, -0.25) is 4.79 Å². The molecule has 3 nitrogen and oxygen atoms in total. The van der Waals surface area contributed by atoms with Crippen LogP contribution >= 0.6 is 0 Å². The van der Waals surface area contributed by atoms with E-state index in [-0.39, 0.29) is 0 Å².